The van der Waals surface area contributed by atoms with Crippen molar-refractivity contribution in [3.05, 3.63) is 88.9 Å². The first-order valence-corrected chi connectivity index (χ1v) is 15.3. The number of nitrogens with zero attached hydrogens (tertiary/aromatic N) is 2. The van der Waals surface area contributed by atoms with E-state index in [1.165, 1.54) is 17.0 Å². The second-order valence-electron chi connectivity index (χ2n) is 9.74. The number of carbonyl (C=O) groups is 2. The largest absolute Gasteiger partial charge is 0.497 e. The van der Waals surface area contributed by atoms with Crippen molar-refractivity contribution in [2.45, 2.75) is 44.7 Å². The first kappa shape index (κ1) is 31.2. The summed E-state index contributed by atoms with van der Waals surface area (Å²) >= 11 is 3.38. The molecule has 0 aliphatic heterocycles. The first-order chi connectivity index (χ1) is 19.1. The lowest BCUT2D eigenvalue weighted by Gasteiger charge is -2.33. The third-order valence-electron chi connectivity index (χ3n) is 6.28. The molecular weight excluding hydrogens is 594 g/mol. The highest BCUT2D eigenvalue weighted by atomic mass is 79.9. The molecule has 10 heteroatoms. The van der Waals surface area contributed by atoms with Crippen molar-refractivity contribution in [1.29, 1.82) is 0 Å². The molecule has 2 amide bonds. The molecule has 0 bridgehead atoms. The SMILES string of the molecule is CC[C@@H](C(=O)NCC(C)C)N(Cc1cccc(OC)c1)C(=O)CN(c1ccc(Br)cc1)S(=O)(=O)c1ccccc1. The minimum absolute atomic E-state index is 0.0618. The fourth-order valence-corrected chi connectivity index (χ4v) is 5.86. The van der Waals surface area contributed by atoms with Gasteiger partial charge in [-0.25, -0.2) is 8.42 Å². The van der Waals surface area contributed by atoms with E-state index in [0.717, 1.165) is 14.3 Å². The maximum Gasteiger partial charge on any atom is 0.264 e. The molecular formula is C30H36BrN3O5S. The Balaban J connectivity index is 2.04. The van der Waals surface area contributed by atoms with Gasteiger partial charge >= 0.3 is 0 Å². The fourth-order valence-electron chi connectivity index (χ4n) is 4.17. The Kier molecular flexibility index (Phi) is 11.2. The van der Waals surface area contributed by atoms with Crippen LogP contribution in [-0.4, -0.2) is 51.4 Å². The van der Waals surface area contributed by atoms with Gasteiger partial charge in [-0.05, 0) is 66.4 Å². The van der Waals surface area contributed by atoms with Gasteiger partial charge in [-0.3, -0.25) is 13.9 Å². The smallest absolute Gasteiger partial charge is 0.264 e. The highest BCUT2D eigenvalue weighted by Crippen LogP contribution is 2.26. The average molecular weight is 631 g/mol. The molecule has 3 rings (SSSR count). The number of benzene rings is 3. The number of anilines is 1. The van der Waals surface area contributed by atoms with Gasteiger partial charge in [0.05, 0.1) is 17.7 Å². The van der Waals surface area contributed by atoms with Crippen LogP contribution in [0.3, 0.4) is 0 Å². The predicted octanol–water partition coefficient (Wildman–Crippen LogP) is 5.23. The van der Waals surface area contributed by atoms with Crippen molar-refractivity contribution in [2.75, 3.05) is 24.5 Å². The van der Waals surface area contributed by atoms with Gasteiger partial charge in [0.1, 0.15) is 18.3 Å². The van der Waals surface area contributed by atoms with Crippen LogP contribution in [0.2, 0.25) is 0 Å². The minimum Gasteiger partial charge on any atom is -0.497 e. The van der Waals surface area contributed by atoms with Crippen LogP contribution in [0.15, 0.2) is 88.2 Å². The van der Waals surface area contributed by atoms with Crippen molar-refractivity contribution < 1.29 is 22.7 Å². The maximum atomic E-state index is 14.1. The number of amides is 2. The third kappa shape index (κ3) is 8.08. The van der Waals surface area contributed by atoms with Gasteiger partial charge in [-0.1, -0.05) is 67.0 Å². The van der Waals surface area contributed by atoms with E-state index in [1.54, 1.807) is 61.7 Å². The Hall–Kier alpha value is -3.37. The molecule has 0 aliphatic rings. The number of carbonyl (C=O) groups excluding carboxylic acids is 2. The topological polar surface area (TPSA) is 96.0 Å². The lowest BCUT2D eigenvalue weighted by atomic mass is 10.1. The molecule has 0 aromatic heterocycles. The van der Waals surface area contributed by atoms with E-state index in [-0.39, 0.29) is 23.3 Å². The van der Waals surface area contributed by atoms with E-state index < -0.39 is 28.5 Å². The lowest BCUT2D eigenvalue weighted by Crippen LogP contribution is -2.52. The van der Waals surface area contributed by atoms with Crippen molar-refractivity contribution in [2.24, 2.45) is 5.92 Å². The quantitative estimate of drug-likeness (QED) is 0.279. The zero-order valence-corrected chi connectivity index (χ0v) is 25.6. The zero-order chi connectivity index (χ0) is 29.3. The number of methoxy groups -OCH3 is 1. The highest BCUT2D eigenvalue weighted by Gasteiger charge is 2.33. The van der Waals surface area contributed by atoms with Crippen LogP contribution in [0.4, 0.5) is 5.69 Å². The molecule has 40 heavy (non-hydrogen) atoms. The number of sulfonamides is 1. The van der Waals surface area contributed by atoms with Crippen LogP contribution in [0, 0.1) is 5.92 Å². The number of hydrogen-bond donors (Lipinski definition) is 1. The van der Waals surface area contributed by atoms with Gasteiger partial charge < -0.3 is 15.0 Å². The van der Waals surface area contributed by atoms with Gasteiger partial charge in [0.2, 0.25) is 11.8 Å². The molecule has 3 aromatic rings. The normalized spacial score (nSPS) is 12.1. The standard InChI is InChI=1S/C30H36BrN3O5S/c1-5-28(30(36)32-19-22(2)3)33(20-23-10-9-11-26(18-23)39-4)29(35)21-34(25-16-14-24(31)15-17-25)40(37,38)27-12-7-6-8-13-27/h6-18,22,28H,5,19-21H2,1-4H3,(H,32,36)/t28-/m0/s1. The van der Waals surface area contributed by atoms with Gasteiger partial charge in [-0.2, -0.15) is 0 Å². The second-order valence-corrected chi connectivity index (χ2v) is 12.5. The number of ether oxygens (including phenoxy) is 1. The molecule has 0 aliphatic carbocycles. The van der Waals surface area contributed by atoms with Crippen LogP contribution < -0.4 is 14.4 Å². The van der Waals surface area contributed by atoms with Crippen molar-refractivity contribution in [3.63, 3.8) is 0 Å². The fraction of sp³-hybridized carbons (Fsp3) is 0.333. The molecule has 0 saturated heterocycles. The summed E-state index contributed by atoms with van der Waals surface area (Å²) in [5.41, 5.74) is 1.09. The summed E-state index contributed by atoms with van der Waals surface area (Å²) in [5, 5.41) is 2.93. The number of nitrogens with one attached hydrogen (secondary N) is 1. The van der Waals surface area contributed by atoms with Crippen LogP contribution in [0.25, 0.3) is 0 Å². The monoisotopic (exact) mass is 629 g/mol. The molecule has 0 heterocycles. The third-order valence-corrected chi connectivity index (χ3v) is 8.60. The van der Waals surface area contributed by atoms with Crippen molar-refractivity contribution in [1.82, 2.24) is 10.2 Å². The highest BCUT2D eigenvalue weighted by molar-refractivity contribution is 9.10. The van der Waals surface area contributed by atoms with Gasteiger partial charge in [0, 0.05) is 17.6 Å². The van der Waals surface area contributed by atoms with E-state index >= 15 is 0 Å². The second kappa shape index (κ2) is 14.3. The van der Waals surface area contributed by atoms with Crippen molar-refractivity contribution in [3.8, 4) is 5.75 Å². The van der Waals surface area contributed by atoms with Crippen LogP contribution >= 0.6 is 15.9 Å². The summed E-state index contributed by atoms with van der Waals surface area (Å²) in [7, 11) is -2.55. The van der Waals surface area contributed by atoms with Gasteiger partial charge in [0.15, 0.2) is 0 Å². The molecule has 1 atom stereocenters. The van der Waals surface area contributed by atoms with E-state index in [1.807, 2.05) is 32.9 Å². The molecule has 0 unspecified atom stereocenters. The lowest BCUT2D eigenvalue weighted by molar-refractivity contribution is -0.140. The maximum absolute atomic E-state index is 14.1. The molecule has 0 fully saturated rings. The molecule has 214 valence electrons. The molecule has 3 aromatic carbocycles. The number of halogens is 1. The van der Waals surface area contributed by atoms with E-state index in [0.29, 0.717) is 24.4 Å². The van der Waals surface area contributed by atoms with E-state index in [9.17, 15) is 18.0 Å². The van der Waals surface area contributed by atoms with Gasteiger partial charge in [0.25, 0.3) is 10.0 Å². The Morgan fingerprint density at radius 2 is 1.65 bits per heavy atom. The minimum atomic E-state index is -4.10. The number of rotatable bonds is 13. The Morgan fingerprint density at radius 3 is 2.25 bits per heavy atom. The molecule has 0 spiro atoms. The van der Waals surface area contributed by atoms with E-state index in [2.05, 4.69) is 21.2 Å². The Bertz CT molecular complexity index is 1380. The summed E-state index contributed by atoms with van der Waals surface area (Å²) in [6.45, 7) is 5.89. The summed E-state index contributed by atoms with van der Waals surface area (Å²) in [6, 6.07) is 21.1. The van der Waals surface area contributed by atoms with Crippen molar-refractivity contribution >= 4 is 43.5 Å². The molecule has 0 radical (unpaired) electrons. The summed E-state index contributed by atoms with van der Waals surface area (Å²) in [4.78, 5) is 28.9. The summed E-state index contributed by atoms with van der Waals surface area (Å²) < 4.78 is 34.8. The molecule has 1 N–H and O–H groups in total. The Labute approximate surface area is 245 Å². The average Bonchev–Trinajstić information content (AvgIpc) is 2.95. The van der Waals surface area contributed by atoms with Crippen LogP contribution in [0.1, 0.15) is 32.8 Å². The number of hydrogen-bond acceptors (Lipinski definition) is 5. The summed E-state index contributed by atoms with van der Waals surface area (Å²) in [5.74, 6) is 0.0589. The van der Waals surface area contributed by atoms with Crippen LogP contribution in [0.5, 0.6) is 5.75 Å². The predicted molar refractivity (Wildman–Crippen MR) is 161 cm³/mol. The van der Waals surface area contributed by atoms with E-state index in [4.69, 9.17) is 4.74 Å². The summed E-state index contributed by atoms with van der Waals surface area (Å²) in [6.07, 6.45) is 0.351. The first-order valence-electron chi connectivity index (χ1n) is 13.1. The molecule has 0 saturated carbocycles. The molecule has 8 nitrogen and oxygen atoms in total. The van der Waals surface area contributed by atoms with Gasteiger partial charge in [-0.15, -0.1) is 0 Å². The zero-order valence-electron chi connectivity index (χ0n) is 23.2. The Morgan fingerprint density at radius 1 is 0.975 bits per heavy atom. The van der Waals surface area contributed by atoms with Crippen LogP contribution in [-0.2, 0) is 26.2 Å².